The first-order valence-corrected chi connectivity index (χ1v) is 5.80. The molecule has 1 saturated heterocycles. The van der Waals surface area contributed by atoms with Crippen molar-refractivity contribution in [1.82, 2.24) is 9.78 Å². The predicted molar refractivity (Wildman–Crippen MR) is 61.7 cm³/mol. The first-order valence-electron chi connectivity index (χ1n) is 5.80. The Hall–Kier alpha value is -1.36. The molecule has 1 aliphatic rings. The van der Waals surface area contributed by atoms with E-state index in [1.165, 1.54) is 6.20 Å². The van der Waals surface area contributed by atoms with Crippen molar-refractivity contribution < 1.29 is 14.3 Å². The lowest BCUT2D eigenvalue weighted by molar-refractivity contribution is -0.0444. The van der Waals surface area contributed by atoms with Crippen LogP contribution >= 0.6 is 0 Å². The minimum Gasteiger partial charge on any atom is -0.459 e. The lowest BCUT2D eigenvalue weighted by Crippen LogP contribution is -2.24. The number of carbonyl (C=O) groups excluding carboxylic acids is 1. The van der Waals surface area contributed by atoms with E-state index < -0.39 is 0 Å². The van der Waals surface area contributed by atoms with Crippen molar-refractivity contribution in [3.63, 3.8) is 0 Å². The van der Waals surface area contributed by atoms with Crippen LogP contribution in [0.4, 0.5) is 0 Å². The molecule has 5 nitrogen and oxygen atoms in total. The van der Waals surface area contributed by atoms with Gasteiger partial charge >= 0.3 is 5.97 Å². The molecule has 5 heteroatoms. The highest BCUT2D eigenvalue weighted by Crippen LogP contribution is 2.29. The van der Waals surface area contributed by atoms with Gasteiger partial charge in [0.2, 0.25) is 0 Å². The highest BCUT2D eigenvalue weighted by Gasteiger charge is 2.32. The van der Waals surface area contributed by atoms with Gasteiger partial charge in [-0.05, 0) is 26.7 Å². The number of hydrogen-bond acceptors (Lipinski definition) is 4. The summed E-state index contributed by atoms with van der Waals surface area (Å²) < 4.78 is 12.5. The molecular formula is C12H18N2O3. The molecule has 0 amide bonds. The molecule has 0 N–H and O–H groups in total. The van der Waals surface area contributed by atoms with E-state index >= 15 is 0 Å². The largest absolute Gasteiger partial charge is 0.459 e. The minimum absolute atomic E-state index is 0.0191. The highest BCUT2D eigenvalue weighted by molar-refractivity contribution is 5.88. The molecule has 0 aliphatic carbocycles. The third kappa shape index (κ3) is 3.06. The maximum Gasteiger partial charge on any atom is 0.341 e. The van der Waals surface area contributed by atoms with Gasteiger partial charge in [0.1, 0.15) is 6.61 Å². The van der Waals surface area contributed by atoms with Crippen molar-refractivity contribution in [2.75, 3.05) is 6.61 Å². The summed E-state index contributed by atoms with van der Waals surface area (Å²) in [6, 6.07) is 0. The van der Waals surface area contributed by atoms with Gasteiger partial charge in [0, 0.05) is 13.2 Å². The van der Waals surface area contributed by atoms with Crippen LogP contribution in [-0.2, 0) is 16.5 Å². The molecule has 1 aromatic rings. The van der Waals surface area contributed by atoms with Crippen molar-refractivity contribution in [1.29, 1.82) is 0 Å². The van der Waals surface area contributed by atoms with Crippen LogP contribution in [-0.4, -0.2) is 34.1 Å². The van der Waals surface area contributed by atoms with E-state index in [0.717, 1.165) is 12.8 Å². The third-order valence-corrected chi connectivity index (χ3v) is 2.89. The molecule has 1 aromatic heterocycles. The van der Waals surface area contributed by atoms with Gasteiger partial charge < -0.3 is 9.47 Å². The summed E-state index contributed by atoms with van der Waals surface area (Å²) in [5, 5.41) is 3.93. The van der Waals surface area contributed by atoms with Gasteiger partial charge in [0.05, 0.1) is 23.5 Å². The van der Waals surface area contributed by atoms with E-state index in [9.17, 15) is 4.79 Å². The molecule has 1 aliphatic heterocycles. The molecule has 2 heterocycles. The molecular weight excluding hydrogens is 220 g/mol. The van der Waals surface area contributed by atoms with Crippen molar-refractivity contribution in [2.24, 2.45) is 7.05 Å². The van der Waals surface area contributed by atoms with E-state index in [2.05, 4.69) is 18.9 Å². The van der Waals surface area contributed by atoms with Crippen molar-refractivity contribution in [3.8, 4) is 0 Å². The number of rotatable bonds is 3. The number of ether oxygens (including phenoxy) is 2. The van der Waals surface area contributed by atoms with E-state index in [1.807, 2.05) is 0 Å². The Balaban J connectivity index is 1.81. The van der Waals surface area contributed by atoms with Gasteiger partial charge in [-0.3, -0.25) is 4.68 Å². The van der Waals surface area contributed by atoms with Crippen LogP contribution in [0.3, 0.4) is 0 Å². The number of aryl methyl sites for hydroxylation is 1. The van der Waals surface area contributed by atoms with E-state index in [4.69, 9.17) is 9.47 Å². The van der Waals surface area contributed by atoms with E-state index in [-0.39, 0.29) is 17.7 Å². The lowest BCUT2D eigenvalue weighted by atomic mass is 10.1. The average Bonchev–Trinajstić information content (AvgIpc) is 2.81. The maximum atomic E-state index is 11.6. The van der Waals surface area contributed by atoms with Crippen LogP contribution in [0.25, 0.3) is 0 Å². The molecule has 1 fully saturated rings. The lowest BCUT2D eigenvalue weighted by Gasteiger charge is -2.18. The number of esters is 1. The first kappa shape index (κ1) is 12.1. The van der Waals surface area contributed by atoms with Crippen molar-refractivity contribution >= 4 is 5.97 Å². The summed E-state index contributed by atoms with van der Waals surface area (Å²) in [6.07, 6.45) is 5.10. The zero-order valence-corrected chi connectivity index (χ0v) is 10.5. The van der Waals surface area contributed by atoms with Crippen LogP contribution in [0.2, 0.25) is 0 Å². The second-order valence-corrected chi connectivity index (χ2v) is 5.04. The van der Waals surface area contributed by atoms with Crippen molar-refractivity contribution in [2.45, 2.75) is 38.4 Å². The molecule has 0 bridgehead atoms. The Bertz CT molecular complexity index is 412. The van der Waals surface area contributed by atoms with Gasteiger partial charge in [-0.1, -0.05) is 0 Å². The molecule has 1 atom stereocenters. The second-order valence-electron chi connectivity index (χ2n) is 5.04. The first-order chi connectivity index (χ1) is 7.96. The van der Waals surface area contributed by atoms with Gasteiger partial charge in [-0.25, -0.2) is 4.79 Å². The minimum atomic E-state index is -0.341. The second kappa shape index (κ2) is 4.49. The number of carbonyl (C=O) groups is 1. The van der Waals surface area contributed by atoms with Gasteiger partial charge in [0.15, 0.2) is 0 Å². The van der Waals surface area contributed by atoms with Crippen LogP contribution in [0.1, 0.15) is 37.0 Å². The summed E-state index contributed by atoms with van der Waals surface area (Å²) in [7, 11) is 1.76. The molecule has 0 spiro atoms. The smallest absolute Gasteiger partial charge is 0.341 e. The van der Waals surface area contributed by atoms with Crippen molar-refractivity contribution in [3.05, 3.63) is 18.0 Å². The summed E-state index contributed by atoms with van der Waals surface area (Å²) in [5.41, 5.74) is 0.385. The summed E-state index contributed by atoms with van der Waals surface area (Å²) >= 11 is 0. The molecule has 0 saturated carbocycles. The number of hydrogen-bond donors (Lipinski definition) is 0. The standard InChI is InChI=1S/C12H18N2O3/c1-12(2)5-4-10(17-12)8-16-11(15)9-6-13-14(3)7-9/h6-7,10H,4-5,8H2,1-3H3. The van der Waals surface area contributed by atoms with E-state index in [1.54, 1.807) is 17.9 Å². The van der Waals surface area contributed by atoms with E-state index in [0.29, 0.717) is 12.2 Å². The van der Waals surface area contributed by atoms with Crippen LogP contribution in [0.15, 0.2) is 12.4 Å². The summed E-state index contributed by atoms with van der Waals surface area (Å²) in [4.78, 5) is 11.6. The van der Waals surface area contributed by atoms with Crippen LogP contribution < -0.4 is 0 Å². The predicted octanol–water partition coefficient (Wildman–Crippen LogP) is 1.53. The summed E-state index contributed by atoms with van der Waals surface area (Å²) in [6.45, 7) is 4.42. The Morgan fingerprint density at radius 1 is 1.71 bits per heavy atom. The molecule has 0 radical (unpaired) electrons. The average molecular weight is 238 g/mol. The molecule has 94 valence electrons. The molecule has 0 aromatic carbocycles. The zero-order valence-electron chi connectivity index (χ0n) is 10.5. The quantitative estimate of drug-likeness (QED) is 0.749. The normalized spacial score (nSPS) is 22.6. The number of nitrogens with zero attached hydrogens (tertiary/aromatic N) is 2. The third-order valence-electron chi connectivity index (χ3n) is 2.89. The van der Waals surface area contributed by atoms with Crippen LogP contribution in [0, 0.1) is 0 Å². The fourth-order valence-corrected chi connectivity index (χ4v) is 1.97. The monoisotopic (exact) mass is 238 g/mol. The fraction of sp³-hybridized carbons (Fsp3) is 0.667. The highest BCUT2D eigenvalue weighted by atomic mass is 16.6. The molecule has 2 rings (SSSR count). The summed E-state index contributed by atoms with van der Waals surface area (Å²) in [5.74, 6) is -0.341. The SMILES string of the molecule is Cn1cc(C(=O)OCC2CCC(C)(C)O2)cn1. The number of aromatic nitrogens is 2. The Kier molecular flexibility index (Phi) is 3.19. The Morgan fingerprint density at radius 3 is 3.00 bits per heavy atom. The van der Waals surface area contributed by atoms with Crippen LogP contribution in [0.5, 0.6) is 0 Å². The Labute approximate surface area is 101 Å². The fourth-order valence-electron chi connectivity index (χ4n) is 1.97. The maximum absolute atomic E-state index is 11.6. The topological polar surface area (TPSA) is 53.4 Å². The van der Waals surface area contributed by atoms with Gasteiger partial charge in [-0.15, -0.1) is 0 Å². The molecule has 17 heavy (non-hydrogen) atoms. The molecule has 1 unspecified atom stereocenters. The zero-order chi connectivity index (χ0) is 12.5. The van der Waals surface area contributed by atoms with Gasteiger partial charge in [0.25, 0.3) is 0 Å². The van der Waals surface area contributed by atoms with Gasteiger partial charge in [-0.2, -0.15) is 5.10 Å². The Morgan fingerprint density at radius 2 is 2.47 bits per heavy atom.